The molecule has 0 unspecified atom stereocenters. The zero-order chi connectivity index (χ0) is 17.8. The first kappa shape index (κ1) is 16.7. The fraction of sp³-hybridized carbons (Fsp3) is 0.118. The number of fused-ring (bicyclic) bond motifs is 1. The third kappa shape index (κ3) is 3.73. The third-order valence-electron chi connectivity index (χ3n) is 3.56. The second-order valence-corrected chi connectivity index (χ2v) is 7.33. The van der Waals surface area contributed by atoms with Crippen molar-refractivity contribution in [2.75, 3.05) is 5.75 Å². The Labute approximate surface area is 157 Å². The first-order valence-electron chi connectivity index (χ1n) is 7.84. The second-order valence-electron chi connectivity index (χ2n) is 5.36. The van der Waals surface area contributed by atoms with E-state index in [0.29, 0.717) is 17.3 Å². The van der Waals surface area contributed by atoms with Gasteiger partial charge in [0.05, 0.1) is 18.0 Å². The minimum Gasteiger partial charge on any atom is -0.350 e. The molecule has 0 bridgehead atoms. The normalized spacial score (nSPS) is 10.9. The molecule has 0 aliphatic heterocycles. The number of rotatable bonds is 6. The molecule has 26 heavy (non-hydrogen) atoms. The SMILES string of the molecule is O=C(CSc1nnc2ccc(-c3cccnc3)nn12)NCc1cccs1. The largest absolute Gasteiger partial charge is 0.350 e. The zero-order valence-corrected chi connectivity index (χ0v) is 15.2. The van der Waals surface area contributed by atoms with Gasteiger partial charge in [-0.2, -0.15) is 9.61 Å². The maximum absolute atomic E-state index is 12.0. The number of hydrogen-bond acceptors (Lipinski definition) is 7. The molecule has 0 aromatic carbocycles. The number of pyridine rings is 1. The summed E-state index contributed by atoms with van der Waals surface area (Å²) < 4.78 is 1.65. The van der Waals surface area contributed by atoms with Crippen LogP contribution in [0.3, 0.4) is 0 Å². The summed E-state index contributed by atoms with van der Waals surface area (Å²) in [5.74, 6) is 0.203. The van der Waals surface area contributed by atoms with Crippen molar-refractivity contribution in [2.24, 2.45) is 0 Å². The Balaban J connectivity index is 1.45. The van der Waals surface area contributed by atoms with Gasteiger partial charge in [-0.15, -0.1) is 21.5 Å². The number of aromatic nitrogens is 5. The van der Waals surface area contributed by atoms with Crippen LogP contribution in [0.15, 0.2) is 59.3 Å². The van der Waals surface area contributed by atoms with Gasteiger partial charge in [0.25, 0.3) is 0 Å². The van der Waals surface area contributed by atoms with Gasteiger partial charge >= 0.3 is 0 Å². The van der Waals surface area contributed by atoms with Crippen LogP contribution in [-0.4, -0.2) is 36.5 Å². The molecular formula is C17H14N6OS2. The highest BCUT2D eigenvalue weighted by atomic mass is 32.2. The summed E-state index contributed by atoms with van der Waals surface area (Å²) in [6.07, 6.45) is 3.47. The molecule has 4 aromatic heterocycles. The summed E-state index contributed by atoms with van der Waals surface area (Å²) in [7, 11) is 0. The lowest BCUT2D eigenvalue weighted by Gasteiger charge is -2.04. The van der Waals surface area contributed by atoms with Gasteiger partial charge in [0.1, 0.15) is 0 Å². The molecule has 4 aromatic rings. The molecule has 0 atom stereocenters. The maximum Gasteiger partial charge on any atom is 0.230 e. The van der Waals surface area contributed by atoms with E-state index in [1.165, 1.54) is 11.8 Å². The Morgan fingerprint density at radius 2 is 2.15 bits per heavy atom. The van der Waals surface area contributed by atoms with Gasteiger partial charge in [-0.1, -0.05) is 17.8 Å². The Morgan fingerprint density at radius 3 is 2.96 bits per heavy atom. The highest BCUT2D eigenvalue weighted by Crippen LogP contribution is 2.20. The lowest BCUT2D eigenvalue weighted by molar-refractivity contribution is -0.118. The molecule has 0 radical (unpaired) electrons. The molecule has 0 spiro atoms. The predicted molar refractivity (Wildman–Crippen MR) is 101 cm³/mol. The van der Waals surface area contributed by atoms with Crippen molar-refractivity contribution < 1.29 is 4.79 Å². The van der Waals surface area contributed by atoms with Crippen molar-refractivity contribution in [1.29, 1.82) is 0 Å². The van der Waals surface area contributed by atoms with E-state index in [0.717, 1.165) is 16.1 Å². The summed E-state index contributed by atoms with van der Waals surface area (Å²) in [6.45, 7) is 0.543. The summed E-state index contributed by atoms with van der Waals surface area (Å²) in [5, 5.41) is 18.3. The van der Waals surface area contributed by atoms with Crippen LogP contribution in [0.5, 0.6) is 0 Å². The molecule has 0 aliphatic carbocycles. The number of nitrogens with zero attached hydrogens (tertiary/aromatic N) is 5. The van der Waals surface area contributed by atoms with E-state index in [4.69, 9.17) is 0 Å². The van der Waals surface area contributed by atoms with E-state index in [9.17, 15) is 4.79 Å². The Kier molecular flexibility index (Phi) is 4.89. The van der Waals surface area contributed by atoms with Crippen LogP contribution in [0.2, 0.25) is 0 Å². The highest BCUT2D eigenvalue weighted by Gasteiger charge is 2.11. The van der Waals surface area contributed by atoms with Gasteiger partial charge in [-0.05, 0) is 35.7 Å². The van der Waals surface area contributed by atoms with Crippen LogP contribution >= 0.6 is 23.1 Å². The van der Waals surface area contributed by atoms with Crippen LogP contribution in [0, 0.1) is 0 Å². The number of thioether (sulfide) groups is 1. The van der Waals surface area contributed by atoms with Crippen LogP contribution in [0.1, 0.15) is 4.88 Å². The molecule has 0 saturated heterocycles. The first-order chi connectivity index (χ1) is 12.8. The number of carbonyl (C=O) groups excluding carboxylic acids is 1. The van der Waals surface area contributed by atoms with Crippen molar-refractivity contribution in [2.45, 2.75) is 11.7 Å². The van der Waals surface area contributed by atoms with Gasteiger partial charge in [0.15, 0.2) is 5.65 Å². The Hall–Kier alpha value is -2.78. The molecule has 0 fully saturated rings. The van der Waals surface area contributed by atoms with E-state index < -0.39 is 0 Å². The lowest BCUT2D eigenvalue weighted by Crippen LogP contribution is -2.24. The van der Waals surface area contributed by atoms with E-state index in [-0.39, 0.29) is 11.7 Å². The average Bonchev–Trinajstić information content (AvgIpc) is 3.35. The molecule has 0 aliphatic rings. The van der Waals surface area contributed by atoms with E-state index in [2.05, 4.69) is 25.6 Å². The Morgan fingerprint density at radius 1 is 1.19 bits per heavy atom. The number of hydrogen-bond donors (Lipinski definition) is 1. The highest BCUT2D eigenvalue weighted by molar-refractivity contribution is 7.99. The number of nitrogens with one attached hydrogen (secondary N) is 1. The molecule has 130 valence electrons. The molecule has 9 heteroatoms. The smallest absolute Gasteiger partial charge is 0.230 e. The summed E-state index contributed by atoms with van der Waals surface area (Å²) in [6, 6.07) is 11.5. The van der Waals surface area contributed by atoms with Crippen molar-refractivity contribution in [3.8, 4) is 11.3 Å². The van der Waals surface area contributed by atoms with Crippen LogP contribution in [-0.2, 0) is 11.3 Å². The fourth-order valence-corrected chi connectivity index (χ4v) is 3.67. The van der Waals surface area contributed by atoms with E-state index in [1.807, 2.05) is 41.8 Å². The summed E-state index contributed by atoms with van der Waals surface area (Å²) in [4.78, 5) is 17.3. The Bertz CT molecular complexity index is 1020. The fourth-order valence-electron chi connectivity index (χ4n) is 2.31. The van der Waals surface area contributed by atoms with E-state index >= 15 is 0 Å². The minimum atomic E-state index is -0.0523. The average molecular weight is 382 g/mol. The van der Waals surface area contributed by atoms with Crippen molar-refractivity contribution in [3.05, 3.63) is 59.0 Å². The molecule has 4 heterocycles. The van der Waals surface area contributed by atoms with Gasteiger partial charge in [0.2, 0.25) is 11.1 Å². The monoisotopic (exact) mass is 382 g/mol. The standard InChI is InChI=1S/C17H14N6OS2/c24-16(19-10-13-4-2-8-25-13)11-26-17-21-20-15-6-5-14(22-23(15)17)12-3-1-7-18-9-12/h1-9H,10-11H2,(H,19,24). The molecule has 7 nitrogen and oxygen atoms in total. The lowest BCUT2D eigenvalue weighted by atomic mass is 10.2. The summed E-state index contributed by atoms with van der Waals surface area (Å²) >= 11 is 2.93. The summed E-state index contributed by atoms with van der Waals surface area (Å²) in [5.41, 5.74) is 2.32. The van der Waals surface area contributed by atoms with Crippen LogP contribution in [0.25, 0.3) is 16.9 Å². The van der Waals surface area contributed by atoms with Gasteiger partial charge in [-0.3, -0.25) is 9.78 Å². The van der Waals surface area contributed by atoms with Gasteiger partial charge in [0, 0.05) is 22.8 Å². The molecule has 1 N–H and O–H groups in total. The second kappa shape index (κ2) is 7.63. The first-order valence-corrected chi connectivity index (χ1v) is 9.71. The number of carbonyl (C=O) groups is 1. The molecular weight excluding hydrogens is 368 g/mol. The van der Waals surface area contributed by atoms with Crippen molar-refractivity contribution in [3.63, 3.8) is 0 Å². The van der Waals surface area contributed by atoms with E-state index in [1.54, 1.807) is 28.2 Å². The van der Waals surface area contributed by atoms with Crippen LogP contribution < -0.4 is 5.32 Å². The topological polar surface area (TPSA) is 85.1 Å². The van der Waals surface area contributed by atoms with Crippen molar-refractivity contribution in [1.82, 2.24) is 30.1 Å². The molecule has 1 amide bonds. The molecule has 0 saturated carbocycles. The predicted octanol–water partition coefficient (Wildman–Crippen LogP) is 2.66. The van der Waals surface area contributed by atoms with Gasteiger partial charge < -0.3 is 5.32 Å². The van der Waals surface area contributed by atoms with Gasteiger partial charge in [-0.25, -0.2) is 0 Å². The third-order valence-corrected chi connectivity index (χ3v) is 5.36. The van der Waals surface area contributed by atoms with Crippen LogP contribution in [0.4, 0.5) is 0 Å². The number of thiophene rings is 1. The minimum absolute atomic E-state index is 0.0523. The van der Waals surface area contributed by atoms with Crippen molar-refractivity contribution >= 4 is 34.7 Å². The number of amides is 1. The quantitative estimate of drug-likeness (QED) is 0.516. The zero-order valence-electron chi connectivity index (χ0n) is 13.6. The molecule has 4 rings (SSSR count). The maximum atomic E-state index is 12.0.